The molecule has 0 spiro atoms. The van der Waals surface area contributed by atoms with Crippen molar-refractivity contribution in [3.05, 3.63) is 18.0 Å². The van der Waals surface area contributed by atoms with E-state index in [1.165, 1.54) is 0 Å². The number of carbonyl (C=O) groups excluding carboxylic acids is 1. The first kappa shape index (κ1) is 26.7. The van der Waals surface area contributed by atoms with E-state index in [1.807, 2.05) is 30.9 Å². The Morgan fingerprint density at radius 3 is 2.49 bits per heavy atom. The van der Waals surface area contributed by atoms with Crippen molar-refractivity contribution >= 4 is 17.5 Å². The van der Waals surface area contributed by atoms with Gasteiger partial charge in [-0.15, -0.1) is 11.6 Å². The highest BCUT2D eigenvalue weighted by Crippen LogP contribution is 2.46. The minimum Gasteiger partial charge on any atom is -0.356 e. The summed E-state index contributed by atoms with van der Waals surface area (Å²) in [6, 6.07) is 0. The topological polar surface area (TPSA) is 62.8 Å². The Morgan fingerprint density at radius 1 is 1.06 bits per heavy atom. The van der Waals surface area contributed by atoms with Gasteiger partial charge in [-0.3, -0.25) is 10.2 Å². The van der Waals surface area contributed by atoms with Crippen LogP contribution in [0.4, 0.5) is 8.78 Å². The van der Waals surface area contributed by atoms with Gasteiger partial charge in [-0.25, -0.2) is 8.78 Å². The standard InChI is InChI=1S/C27H43ClF2N4O/c1-16-8-18(4-5-23(16)28)14-32-26(35)21-11-19(15-34-7-6-33(3)27(34)31)10-20(12-21)25-17(2)9-22(29)13-24(25)30/h6-7,16-25,31H,4-5,8-15H2,1-3H3,(H,32,35). The van der Waals surface area contributed by atoms with Gasteiger partial charge in [0.2, 0.25) is 11.5 Å². The minimum absolute atomic E-state index is 0.0151. The molecule has 1 aromatic rings. The summed E-state index contributed by atoms with van der Waals surface area (Å²) < 4.78 is 32.9. The number of alkyl halides is 3. The fourth-order valence-corrected chi connectivity index (χ4v) is 7.56. The maximum absolute atomic E-state index is 15.2. The molecule has 0 radical (unpaired) electrons. The number of halogens is 3. The third kappa shape index (κ3) is 6.31. The third-order valence-corrected chi connectivity index (χ3v) is 9.86. The van der Waals surface area contributed by atoms with Gasteiger partial charge in [-0.1, -0.05) is 13.8 Å². The molecular formula is C27H43ClF2N4O. The van der Waals surface area contributed by atoms with E-state index in [1.54, 1.807) is 4.57 Å². The molecule has 8 heteroatoms. The van der Waals surface area contributed by atoms with Crippen LogP contribution in [0.5, 0.6) is 0 Å². The molecule has 1 heterocycles. The number of aromatic nitrogens is 2. The molecule has 10 unspecified atom stereocenters. The van der Waals surface area contributed by atoms with E-state index in [0.29, 0.717) is 43.4 Å². The summed E-state index contributed by atoms with van der Waals surface area (Å²) in [4.78, 5) is 13.4. The van der Waals surface area contributed by atoms with Crippen LogP contribution in [0.15, 0.2) is 12.4 Å². The summed E-state index contributed by atoms with van der Waals surface area (Å²) in [6.07, 6.45) is 7.28. The normalized spacial score (nSPS) is 40.4. The molecule has 0 aromatic carbocycles. The molecule has 0 saturated heterocycles. The molecule has 3 aliphatic carbocycles. The van der Waals surface area contributed by atoms with Gasteiger partial charge >= 0.3 is 0 Å². The lowest BCUT2D eigenvalue weighted by molar-refractivity contribution is -0.128. The van der Waals surface area contributed by atoms with Crippen molar-refractivity contribution in [2.45, 2.75) is 89.5 Å². The molecule has 2 N–H and O–H groups in total. The molecule has 198 valence electrons. The predicted octanol–water partition coefficient (Wildman–Crippen LogP) is 5.22. The van der Waals surface area contributed by atoms with Gasteiger partial charge in [0.15, 0.2) is 0 Å². The Bertz CT molecular complexity index is 907. The van der Waals surface area contributed by atoms with Crippen molar-refractivity contribution in [1.29, 1.82) is 5.41 Å². The van der Waals surface area contributed by atoms with Gasteiger partial charge < -0.3 is 14.5 Å². The van der Waals surface area contributed by atoms with Crippen LogP contribution >= 0.6 is 11.6 Å². The van der Waals surface area contributed by atoms with E-state index in [0.717, 1.165) is 32.1 Å². The molecular weight excluding hydrogens is 470 g/mol. The van der Waals surface area contributed by atoms with Crippen molar-refractivity contribution in [3.8, 4) is 0 Å². The van der Waals surface area contributed by atoms with Crippen LogP contribution in [0.1, 0.15) is 65.2 Å². The zero-order chi connectivity index (χ0) is 25.3. The lowest BCUT2D eigenvalue weighted by atomic mass is 9.63. The Hall–Kier alpha value is -1.37. The molecule has 3 saturated carbocycles. The first-order valence-electron chi connectivity index (χ1n) is 13.6. The number of carbonyl (C=O) groups is 1. The predicted molar refractivity (Wildman–Crippen MR) is 134 cm³/mol. The van der Waals surface area contributed by atoms with Crippen LogP contribution < -0.4 is 10.9 Å². The second-order valence-corrected chi connectivity index (χ2v) is 12.5. The van der Waals surface area contributed by atoms with Crippen molar-refractivity contribution in [3.63, 3.8) is 0 Å². The number of hydrogen-bond donors (Lipinski definition) is 2. The number of nitrogens with one attached hydrogen (secondary N) is 2. The number of hydrogen-bond acceptors (Lipinski definition) is 2. The van der Waals surface area contributed by atoms with Crippen LogP contribution in [0, 0.1) is 46.8 Å². The quantitative estimate of drug-likeness (QED) is 0.504. The highest BCUT2D eigenvalue weighted by Gasteiger charge is 2.45. The third-order valence-electron chi connectivity index (χ3n) is 9.21. The SMILES string of the molecule is CC1CC(CNC(=O)C2CC(Cn3ccn(C)c3=N)CC(C3C(C)CC(F)CC3F)C2)CCC1Cl. The summed E-state index contributed by atoms with van der Waals surface area (Å²) in [7, 11) is 1.85. The first-order chi connectivity index (χ1) is 16.6. The lowest BCUT2D eigenvalue weighted by Gasteiger charge is -2.44. The molecule has 1 amide bonds. The number of rotatable bonds is 6. The van der Waals surface area contributed by atoms with Gasteiger partial charge in [0, 0.05) is 50.2 Å². The molecule has 35 heavy (non-hydrogen) atoms. The highest BCUT2D eigenvalue weighted by molar-refractivity contribution is 6.20. The van der Waals surface area contributed by atoms with Gasteiger partial charge in [0.25, 0.3) is 0 Å². The Morgan fingerprint density at radius 2 is 1.83 bits per heavy atom. The second-order valence-electron chi connectivity index (χ2n) is 12.0. The van der Waals surface area contributed by atoms with E-state index in [-0.39, 0.29) is 47.3 Å². The molecule has 0 aliphatic heterocycles. The monoisotopic (exact) mass is 512 g/mol. The number of amides is 1. The summed E-state index contributed by atoms with van der Waals surface area (Å²) in [6.45, 7) is 5.49. The zero-order valence-corrected chi connectivity index (χ0v) is 22.2. The van der Waals surface area contributed by atoms with Crippen molar-refractivity contribution in [2.75, 3.05) is 6.54 Å². The Labute approximate surface area is 213 Å². The largest absolute Gasteiger partial charge is 0.356 e. The summed E-state index contributed by atoms with van der Waals surface area (Å²) >= 11 is 6.38. The zero-order valence-electron chi connectivity index (χ0n) is 21.4. The van der Waals surface area contributed by atoms with E-state index >= 15 is 4.39 Å². The molecule has 0 bridgehead atoms. The van der Waals surface area contributed by atoms with Crippen LogP contribution in [0.2, 0.25) is 0 Å². The maximum atomic E-state index is 15.2. The number of aryl methyl sites for hydroxylation is 1. The number of imidazole rings is 1. The molecule has 4 rings (SSSR count). The van der Waals surface area contributed by atoms with Gasteiger partial charge in [-0.05, 0) is 80.5 Å². The van der Waals surface area contributed by atoms with Crippen molar-refractivity contribution in [1.82, 2.24) is 14.5 Å². The minimum atomic E-state index is -1.15. The number of nitrogens with zero attached hydrogens (tertiary/aromatic N) is 2. The molecule has 10 atom stereocenters. The maximum Gasteiger partial charge on any atom is 0.223 e. The van der Waals surface area contributed by atoms with Crippen LogP contribution in [0.25, 0.3) is 0 Å². The fourth-order valence-electron chi connectivity index (χ4n) is 7.33. The summed E-state index contributed by atoms with van der Waals surface area (Å²) in [5.41, 5.74) is 0.423. The molecule has 1 aromatic heterocycles. The van der Waals surface area contributed by atoms with E-state index in [2.05, 4.69) is 12.2 Å². The highest BCUT2D eigenvalue weighted by atomic mass is 35.5. The first-order valence-corrected chi connectivity index (χ1v) is 14.0. The van der Waals surface area contributed by atoms with E-state index in [4.69, 9.17) is 17.0 Å². The fraction of sp³-hybridized carbons (Fsp3) is 0.852. The smallest absolute Gasteiger partial charge is 0.223 e. The van der Waals surface area contributed by atoms with E-state index in [9.17, 15) is 9.18 Å². The van der Waals surface area contributed by atoms with Crippen molar-refractivity contribution < 1.29 is 13.6 Å². The van der Waals surface area contributed by atoms with Crippen LogP contribution in [0.3, 0.4) is 0 Å². The second kappa shape index (κ2) is 11.4. The average molecular weight is 513 g/mol. The summed E-state index contributed by atoms with van der Waals surface area (Å²) in [5, 5.41) is 11.8. The average Bonchev–Trinajstić information content (AvgIpc) is 3.11. The van der Waals surface area contributed by atoms with Gasteiger partial charge in [-0.2, -0.15) is 0 Å². The van der Waals surface area contributed by atoms with Gasteiger partial charge in [0.05, 0.1) is 0 Å². The Balaban J connectivity index is 1.45. The molecule has 5 nitrogen and oxygen atoms in total. The van der Waals surface area contributed by atoms with Crippen LogP contribution in [-0.2, 0) is 18.4 Å². The Kier molecular flexibility index (Phi) is 8.65. The van der Waals surface area contributed by atoms with Gasteiger partial charge in [0.1, 0.15) is 12.3 Å². The summed E-state index contributed by atoms with van der Waals surface area (Å²) in [5.74, 6) is 0.864. The van der Waals surface area contributed by atoms with Crippen molar-refractivity contribution in [2.24, 2.45) is 48.5 Å². The van der Waals surface area contributed by atoms with Crippen LogP contribution in [-0.4, -0.2) is 39.3 Å². The lowest BCUT2D eigenvalue weighted by Crippen LogP contribution is -2.45. The molecule has 3 fully saturated rings. The van der Waals surface area contributed by atoms with E-state index < -0.39 is 12.3 Å². The molecule has 3 aliphatic rings.